The molecule has 1 aliphatic heterocycles. The molecule has 2 aliphatic rings. The van der Waals surface area contributed by atoms with E-state index in [1.807, 2.05) is 0 Å². The maximum Gasteiger partial charge on any atom is 0.170 e. The second-order valence-corrected chi connectivity index (χ2v) is 5.10. The summed E-state index contributed by atoms with van der Waals surface area (Å²) in [5.41, 5.74) is 0. The van der Waals surface area contributed by atoms with Crippen LogP contribution in [0.5, 0.6) is 0 Å². The third-order valence-corrected chi connectivity index (χ3v) is 3.90. The molecular weight excluding hydrogens is 218 g/mol. The number of hydrogen-bond donors (Lipinski definition) is 2. The Morgan fingerprint density at radius 1 is 1.12 bits per heavy atom. The van der Waals surface area contributed by atoms with E-state index in [4.69, 9.17) is 14.6 Å². The molecule has 1 unspecified atom stereocenters. The van der Waals surface area contributed by atoms with Gasteiger partial charge in [-0.2, -0.15) is 0 Å². The predicted octanol–water partition coefficient (Wildman–Crippen LogP) is 1.28. The lowest BCUT2D eigenvalue weighted by Crippen LogP contribution is -2.42. The van der Waals surface area contributed by atoms with Crippen LogP contribution in [0.2, 0.25) is 0 Å². The zero-order valence-corrected chi connectivity index (χ0v) is 10.6. The molecule has 0 bridgehead atoms. The first-order valence-corrected chi connectivity index (χ1v) is 6.97. The van der Waals surface area contributed by atoms with E-state index in [2.05, 4.69) is 5.32 Å². The van der Waals surface area contributed by atoms with Gasteiger partial charge in [0.15, 0.2) is 6.29 Å². The van der Waals surface area contributed by atoms with E-state index in [0.717, 1.165) is 18.9 Å². The van der Waals surface area contributed by atoms with Gasteiger partial charge < -0.3 is 19.9 Å². The Bertz CT molecular complexity index is 201. The van der Waals surface area contributed by atoms with Gasteiger partial charge in [-0.3, -0.25) is 0 Å². The molecule has 100 valence electrons. The smallest absolute Gasteiger partial charge is 0.170 e. The van der Waals surface area contributed by atoms with Crippen molar-refractivity contribution in [1.29, 1.82) is 0 Å². The molecule has 2 fully saturated rings. The molecule has 0 spiro atoms. The standard InChI is InChI=1S/C13H25NO3/c15-7-6-12(11-4-2-1-3-5-11)14-10-13-16-8-9-17-13/h11-15H,1-10H2. The van der Waals surface area contributed by atoms with Gasteiger partial charge in [-0.15, -0.1) is 0 Å². The van der Waals surface area contributed by atoms with E-state index in [1.165, 1.54) is 32.1 Å². The van der Waals surface area contributed by atoms with Gasteiger partial charge in [-0.1, -0.05) is 19.3 Å². The molecular formula is C13H25NO3. The third kappa shape index (κ3) is 4.21. The Morgan fingerprint density at radius 2 is 1.82 bits per heavy atom. The van der Waals surface area contributed by atoms with Crippen molar-refractivity contribution in [3.63, 3.8) is 0 Å². The lowest BCUT2D eigenvalue weighted by atomic mass is 9.83. The lowest BCUT2D eigenvalue weighted by molar-refractivity contribution is -0.0424. The molecule has 4 nitrogen and oxygen atoms in total. The minimum Gasteiger partial charge on any atom is -0.396 e. The summed E-state index contributed by atoms with van der Waals surface area (Å²) in [5.74, 6) is 0.720. The van der Waals surface area contributed by atoms with E-state index in [9.17, 15) is 0 Å². The summed E-state index contributed by atoms with van der Waals surface area (Å²) in [7, 11) is 0. The van der Waals surface area contributed by atoms with Crippen LogP contribution in [0, 0.1) is 5.92 Å². The third-order valence-electron chi connectivity index (χ3n) is 3.90. The molecule has 0 radical (unpaired) electrons. The number of ether oxygens (including phenoxy) is 2. The lowest BCUT2D eigenvalue weighted by Gasteiger charge is -2.31. The minimum absolute atomic E-state index is 0.0835. The maximum atomic E-state index is 9.16. The van der Waals surface area contributed by atoms with Gasteiger partial charge in [0.1, 0.15) is 0 Å². The van der Waals surface area contributed by atoms with Gasteiger partial charge in [0.05, 0.1) is 13.2 Å². The molecule has 17 heavy (non-hydrogen) atoms. The quantitative estimate of drug-likeness (QED) is 0.738. The van der Waals surface area contributed by atoms with E-state index < -0.39 is 0 Å². The van der Waals surface area contributed by atoms with Gasteiger partial charge >= 0.3 is 0 Å². The SMILES string of the molecule is OCCC(NCC1OCCO1)C1CCCCC1. The number of rotatable bonds is 6. The fraction of sp³-hybridized carbons (Fsp3) is 1.00. The van der Waals surface area contributed by atoms with Crippen molar-refractivity contribution in [2.45, 2.75) is 50.9 Å². The molecule has 0 aromatic heterocycles. The maximum absolute atomic E-state index is 9.16. The molecule has 1 atom stereocenters. The van der Waals surface area contributed by atoms with Crippen molar-refractivity contribution >= 4 is 0 Å². The summed E-state index contributed by atoms with van der Waals surface area (Å²) < 4.78 is 10.8. The fourth-order valence-electron chi connectivity index (χ4n) is 2.95. The number of nitrogens with one attached hydrogen (secondary N) is 1. The largest absolute Gasteiger partial charge is 0.396 e. The fourth-order valence-corrected chi connectivity index (χ4v) is 2.95. The predicted molar refractivity (Wildman–Crippen MR) is 65.8 cm³/mol. The van der Waals surface area contributed by atoms with Crippen LogP contribution in [0.1, 0.15) is 38.5 Å². The number of hydrogen-bond acceptors (Lipinski definition) is 4. The van der Waals surface area contributed by atoms with Crippen LogP contribution >= 0.6 is 0 Å². The molecule has 0 aromatic carbocycles. The van der Waals surface area contributed by atoms with Gasteiger partial charge in [0.2, 0.25) is 0 Å². The molecule has 4 heteroatoms. The van der Waals surface area contributed by atoms with Gasteiger partial charge in [0.25, 0.3) is 0 Å². The second kappa shape index (κ2) is 7.31. The van der Waals surface area contributed by atoms with Crippen molar-refractivity contribution in [3.8, 4) is 0 Å². The van der Waals surface area contributed by atoms with E-state index in [1.54, 1.807) is 0 Å². The Labute approximate surface area is 104 Å². The first-order chi connectivity index (χ1) is 8.40. The van der Waals surface area contributed by atoms with Crippen LogP contribution in [0.3, 0.4) is 0 Å². The summed E-state index contributed by atoms with van der Waals surface area (Å²) in [5, 5.41) is 12.7. The molecule has 2 N–H and O–H groups in total. The highest BCUT2D eigenvalue weighted by atomic mass is 16.7. The summed E-state index contributed by atoms with van der Waals surface area (Å²) in [6.45, 7) is 2.43. The van der Waals surface area contributed by atoms with Crippen LogP contribution in [-0.2, 0) is 9.47 Å². The topological polar surface area (TPSA) is 50.7 Å². The summed E-state index contributed by atoms with van der Waals surface area (Å²) in [4.78, 5) is 0. The average Bonchev–Trinajstić information content (AvgIpc) is 2.88. The highest BCUT2D eigenvalue weighted by Crippen LogP contribution is 2.27. The van der Waals surface area contributed by atoms with Gasteiger partial charge in [-0.05, 0) is 25.2 Å². The second-order valence-electron chi connectivity index (χ2n) is 5.10. The van der Waals surface area contributed by atoms with Gasteiger partial charge in [0, 0.05) is 19.2 Å². The van der Waals surface area contributed by atoms with E-state index in [0.29, 0.717) is 19.3 Å². The zero-order valence-electron chi connectivity index (χ0n) is 10.6. The first-order valence-electron chi connectivity index (χ1n) is 6.97. The number of aliphatic hydroxyl groups excluding tert-OH is 1. The van der Waals surface area contributed by atoms with Crippen molar-refractivity contribution in [3.05, 3.63) is 0 Å². The van der Waals surface area contributed by atoms with Crippen molar-refractivity contribution in [2.24, 2.45) is 5.92 Å². The van der Waals surface area contributed by atoms with Crippen molar-refractivity contribution in [1.82, 2.24) is 5.32 Å². The zero-order chi connectivity index (χ0) is 11.9. The monoisotopic (exact) mass is 243 g/mol. The van der Waals surface area contributed by atoms with Crippen LogP contribution < -0.4 is 5.32 Å². The highest BCUT2D eigenvalue weighted by molar-refractivity contribution is 4.79. The first kappa shape index (κ1) is 13.3. The normalized spacial score (nSPS) is 25.2. The molecule has 0 amide bonds. The van der Waals surface area contributed by atoms with Crippen LogP contribution in [0.15, 0.2) is 0 Å². The summed E-state index contributed by atoms with van der Waals surface area (Å²) >= 11 is 0. The molecule has 2 rings (SSSR count). The average molecular weight is 243 g/mol. The van der Waals surface area contributed by atoms with E-state index >= 15 is 0 Å². The highest BCUT2D eigenvalue weighted by Gasteiger charge is 2.24. The summed E-state index contributed by atoms with van der Waals surface area (Å²) in [6, 6.07) is 0.424. The Morgan fingerprint density at radius 3 is 2.47 bits per heavy atom. The Balaban J connectivity index is 1.74. The Hall–Kier alpha value is -0.160. The van der Waals surface area contributed by atoms with Crippen molar-refractivity contribution in [2.75, 3.05) is 26.4 Å². The van der Waals surface area contributed by atoms with Crippen LogP contribution in [-0.4, -0.2) is 43.8 Å². The van der Waals surface area contributed by atoms with Gasteiger partial charge in [-0.25, -0.2) is 0 Å². The molecule has 1 aliphatic carbocycles. The van der Waals surface area contributed by atoms with Crippen LogP contribution in [0.25, 0.3) is 0 Å². The van der Waals surface area contributed by atoms with Crippen LogP contribution in [0.4, 0.5) is 0 Å². The molecule has 1 heterocycles. The minimum atomic E-state index is -0.0835. The van der Waals surface area contributed by atoms with E-state index in [-0.39, 0.29) is 12.9 Å². The number of aliphatic hydroxyl groups is 1. The molecule has 1 saturated heterocycles. The molecule has 0 aromatic rings. The van der Waals surface area contributed by atoms with Crippen molar-refractivity contribution < 1.29 is 14.6 Å². The summed E-state index contributed by atoms with van der Waals surface area (Å²) in [6.07, 6.45) is 7.40. The Kier molecular flexibility index (Phi) is 5.71. The molecule has 1 saturated carbocycles.